The van der Waals surface area contributed by atoms with Crippen LogP contribution in [0.1, 0.15) is 44.7 Å². The maximum absolute atomic E-state index is 5.76. The van der Waals surface area contributed by atoms with Gasteiger partial charge in [-0.2, -0.15) is 0 Å². The van der Waals surface area contributed by atoms with E-state index >= 15 is 0 Å². The van der Waals surface area contributed by atoms with Crippen LogP contribution in [-0.4, -0.2) is 10.7 Å². The highest BCUT2D eigenvalue weighted by molar-refractivity contribution is 7.99. The molecule has 0 fully saturated rings. The van der Waals surface area contributed by atoms with Crippen LogP contribution in [0.25, 0.3) is 0 Å². The van der Waals surface area contributed by atoms with Gasteiger partial charge in [0.05, 0.1) is 5.03 Å². The van der Waals surface area contributed by atoms with Crippen molar-refractivity contribution in [2.75, 3.05) is 5.75 Å². The second-order valence-electron chi connectivity index (χ2n) is 3.77. The molecule has 1 aromatic heterocycles. The number of unbranched alkanes of at least 4 members (excludes halogenated alkanes) is 2. The van der Waals surface area contributed by atoms with Gasteiger partial charge in [0.25, 0.3) is 0 Å². The lowest BCUT2D eigenvalue weighted by atomic mass is 10.2. The van der Waals surface area contributed by atoms with Crippen LogP contribution in [0.4, 0.5) is 0 Å². The summed E-state index contributed by atoms with van der Waals surface area (Å²) in [6, 6.07) is 4.21. The fourth-order valence-corrected chi connectivity index (χ4v) is 2.12. The third-order valence-electron chi connectivity index (χ3n) is 2.28. The first-order valence-corrected chi connectivity index (χ1v) is 6.57. The van der Waals surface area contributed by atoms with E-state index in [-0.39, 0.29) is 6.04 Å². The molecule has 0 aliphatic rings. The molecule has 1 atom stereocenters. The minimum absolute atomic E-state index is 0.0802. The summed E-state index contributed by atoms with van der Waals surface area (Å²) >= 11 is 1.83. The second-order valence-corrected chi connectivity index (χ2v) is 4.89. The average Bonchev–Trinajstić information content (AvgIpc) is 2.25. The van der Waals surface area contributed by atoms with E-state index in [0.717, 1.165) is 10.6 Å². The number of nitrogens with two attached hydrogens (primary N) is 1. The smallest absolute Gasteiger partial charge is 0.0960 e. The van der Waals surface area contributed by atoms with Crippen LogP contribution < -0.4 is 5.73 Å². The molecular weight excluding hydrogens is 204 g/mol. The summed E-state index contributed by atoms with van der Waals surface area (Å²) in [5.41, 5.74) is 6.86. The Balaban J connectivity index is 2.36. The molecule has 84 valence electrons. The number of aromatic nitrogens is 1. The van der Waals surface area contributed by atoms with Gasteiger partial charge in [-0.1, -0.05) is 25.8 Å². The zero-order valence-electron chi connectivity index (χ0n) is 9.57. The van der Waals surface area contributed by atoms with E-state index in [1.807, 2.05) is 24.9 Å². The molecule has 2 N–H and O–H groups in total. The molecule has 15 heavy (non-hydrogen) atoms. The van der Waals surface area contributed by atoms with Crippen molar-refractivity contribution in [3.63, 3.8) is 0 Å². The largest absolute Gasteiger partial charge is 0.324 e. The third-order valence-corrected chi connectivity index (χ3v) is 3.31. The first-order chi connectivity index (χ1) is 7.24. The van der Waals surface area contributed by atoms with Crippen molar-refractivity contribution >= 4 is 11.8 Å². The van der Waals surface area contributed by atoms with Crippen molar-refractivity contribution in [3.8, 4) is 0 Å². The van der Waals surface area contributed by atoms with Gasteiger partial charge in [-0.15, -0.1) is 11.8 Å². The van der Waals surface area contributed by atoms with E-state index in [0.29, 0.717) is 0 Å². The predicted molar refractivity (Wildman–Crippen MR) is 67.1 cm³/mol. The fraction of sp³-hybridized carbons (Fsp3) is 0.583. The standard InChI is InChI=1S/C12H20N2S/c1-3-4-5-8-15-12-7-6-11(9-14-12)10(2)13/h6-7,9-10H,3-5,8,13H2,1-2H3/t10-/m1/s1. The normalized spacial score (nSPS) is 12.7. The van der Waals surface area contributed by atoms with E-state index in [1.165, 1.54) is 25.0 Å². The number of hydrogen-bond donors (Lipinski definition) is 1. The van der Waals surface area contributed by atoms with Gasteiger partial charge < -0.3 is 5.73 Å². The maximum atomic E-state index is 5.76. The molecule has 1 aromatic rings. The summed E-state index contributed by atoms with van der Waals surface area (Å²) in [5, 5.41) is 1.11. The second kappa shape index (κ2) is 6.85. The van der Waals surface area contributed by atoms with Crippen molar-refractivity contribution < 1.29 is 0 Å². The summed E-state index contributed by atoms with van der Waals surface area (Å²) in [7, 11) is 0. The van der Waals surface area contributed by atoms with Gasteiger partial charge in [-0.3, -0.25) is 0 Å². The van der Waals surface area contributed by atoms with Gasteiger partial charge in [-0.25, -0.2) is 4.98 Å². The van der Waals surface area contributed by atoms with Crippen molar-refractivity contribution in [1.82, 2.24) is 4.98 Å². The highest BCUT2D eigenvalue weighted by atomic mass is 32.2. The summed E-state index contributed by atoms with van der Waals surface area (Å²) in [4.78, 5) is 4.38. The molecule has 0 aliphatic heterocycles. The topological polar surface area (TPSA) is 38.9 Å². The molecule has 0 saturated carbocycles. The van der Waals surface area contributed by atoms with Gasteiger partial charge in [0.1, 0.15) is 0 Å². The number of pyridine rings is 1. The van der Waals surface area contributed by atoms with E-state index in [1.54, 1.807) is 0 Å². The number of nitrogens with zero attached hydrogens (tertiary/aromatic N) is 1. The summed E-state index contributed by atoms with van der Waals surface area (Å²) in [6.07, 6.45) is 5.74. The van der Waals surface area contributed by atoms with Crippen LogP contribution in [0.15, 0.2) is 23.4 Å². The Hall–Kier alpha value is -0.540. The molecule has 1 heterocycles. The predicted octanol–water partition coefficient (Wildman–Crippen LogP) is 3.38. The Kier molecular flexibility index (Phi) is 5.73. The molecule has 0 aromatic carbocycles. The Morgan fingerprint density at radius 1 is 1.40 bits per heavy atom. The van der Waals surface area contributed by atoms with E-state index in [2.05, 4.69) is 24.0 Å². The van der Waals surface area contributed by atoms with Crippen LogP contribution >= 0.6 is 11.8 Å². The zero-order valence-corrected chi connectivity index (χ0v) is 10.4. The Labute approximate surface area is 96.7 Å². The molecular formula is C12H20N2S. The van der Waals surface area contributed by atoms with Gasteiger partial charge in [0, 0.05) is 12.2 Å². The Bertz CT molecular complexity index is 269. The minimum atomic E-state index is 0.0802. The molecule has 1 rings (SSSR count). The molecule has 0 aliphatic carbocycles. The molecule has 0 bridgehead atoms. The lowest BCUT2D eigenvalue weighted by Gasteiger charge is -2.05. The van der Waals surface area contributed by atoms with E-state index in [4.69, 9.17) is 5.73 Å². The first-order valence-electron chi connectivity index (χ1n) is 5.58. The highest BCUT2D eigenvalue weighted by Crippen LogP contribution is 2.18. The van der Waals surface area contributed by atoms with Crippen LogP contribution in [0.3, 0.4) is 0 Å². The monoisotopic (exact) mass is 224 g/mol. The molecule has 0 spiro atoms. The van der Waals surface area contributed by atoms with Crippen molar-refractivity contribution in [3.05, 3.63) is 23.9 Å². The van der Waals surface area contributed by atoms with Crippen LogP contribution in [0.5, 0.6) is 0 Å². The van der Waals surface area contributed by atoms with Gasteiger partial charge in [0.2, 0.25) is 0 Å². The first kappa shape index (κ1) is 12.5. The zero-order chi connectivity index (χ0) is 11.1. The van der Waals surface area contributed by atoms with Crippen LogP contribution in [0.2, 0.25) is 0 Å². The van der Waals surface area contributed by atoms with E-state index < -0.39 is 0 Å². The Morgan fingerprint density at radius 2 is 2.20 bits per heavy atom. The quantitative estimate of drug-likeness (QED) is 0.594. The van der Waals surface area contributed by atoms with E-state index in [9.17, 15) is 0 Å². The van der Waals surface area contributed by atoms with Crippen molar-refractivity contribution in [2.24, 2.45) is 5.73 Å². The molecule has 0 unspecified atom stereocenters. The van der Waals surface area contributed by atoms with Crippen molar-refractivity contribution in [2.45, 2.75) is 44.2 Å². The minimum Gasteiger partial charge on any atom is -0.324 e. The van der Waals surface area contributed by atoms with Crippen molar-refractivity contribution in [1.29, 1.82) is 0 Å². The SMILES string of the molecule is CCCCCSc1ccc([C@@H](C)N)cn1. The van der Waals surface area contributed by atoms with Gasteiger partial charge >= 0.3 is 0 Å². The molecule has 0 amide bonds. The van der Waals surface area contributed by atoms with Crippen LogP contribution in [0, 0.1) is 0 Å². The summed E-state index contributed by atoms with van der Waals surface area (Å²) in [6.45, 7) is 4.20. The third kappa shape index (κ3) is 4.67. The fourth-order valence-electron chi connectivity index (χ4n) is 1.28. The lowest BCUT2D eigenvalue weighted by molar-refractivity contribution is 0.777. The summed E-state index contributed by atoms with van der Waals surface area (Å²) in [5.74, 6) is 1.17. The maximum Gasteiger partial charge on any atom is 0.0960 e. The molecule has 0 radical (unpaired) electrons. The highest BCUT2D eigenvalue weighted by Gasteiger charge is 2.00. The number of thioether (sulfide) groups is 1. The van der Waals surface area contributed by atoms with Gasteiger partial charge in [-0.05, 0) is 30.7 Å². The lowest BCUT2D eigenvalue weighted by Crippen LogP contribution is -2.05. The molecule has 3 heteroatoms. The molecule has 0 saturated heterocycles. The Morgan fingerprint density at radius 3 is 2.73 bits per heavy atom. The molecule has 2 nitrogen and oxygen atoms in total. The average molecular weight is 224 g/mol. The van der Waals surface area contributed by atoms with Crippen LogP contribution in [-0.2, 0) is 0 Å². The number of hydrogen-bond acceptors (Lipinski definition) is 3. The van der Waals surface area contributed by atoms with Gasteiger partial charge in [0.15, 0.2) is 0 Å². The number of rotatable bonds is 6. The summed E-state index contributed by atoms with van der Waals surface area (Å²) < 4.78 is 0.